The summed E-state index contributed by atoms with van der Waals surface area (Å²) in [6.45, 7) is 0.00876. The predicted molar refractivity (Wildman–Crippen MR) is 123 cm³/mol. The molecule has 1 heterocycles. The van der Waals surface area contributed by atoms with Crippen molar-refractivity contribution in [2.45, 2.75) is 24.3 Å². The van der Waals surface area contributed by atoms with Gasteiger partial charge in [0.25, 0.3) is 0 Å². The molecule has 4 amide bonds. The van der Waals surface area contributed by atoms with Gasteiger partial charge in [0.2, 0.25) is 0 Å². The minimum absolute atomic E-state index is 0.00986. The van der Waals surface area contributed by atoms with Gasteiger partial charge >= 0.3 is 24.4 Å². The lowest BCUT2D eigenvalue weighted by atomic mass is 9.93. The van der Waals surface area contributed by atoms with Crippen LogP contribution in [0.3, 0.4) is 0 Å². The first-order chi connectivity index (χ1) is 17.6. The molecule has 1 fully saturated rings. The summed E-state index contributed by atoms with van der Waals surface area (Å²) < 4.78 is 98.2. The van der Waals surface area contributed by atoms with Gasteiger partial charge in [-0.1, -0.05) is 12.1 Å². The van der Waals surface area contributed by atoms with Gasteiger partial charge in [-0.05, 0) is 35.9 Å². The van der Waals surface area contributed by atoms with Gasteiger partial charge in [0.05, 0.1) is 17.2 Å². The largest absolute Gasteiger partial charge is 0.416 e. The Morgan fingerprint density at radius 3 is 2.03 bits per heavy atom. The van der Waals surface area contributed by atoms with Crippen LogP contribution < -0.4 is 10.2 Å². The standard InChI is InChI=1S/C24H25F7N4O3/c1-33(18-9-15(23(26,27)28)8-16(10-18)24(29,30)31)22(37)34(2)20-12-35(21(36)32-13-38-3)11-19(20)14-4-6-17(25)7-5-14/h4-10,19-20H,11-13H2,1-3H3,(H,32,36)/t19-,20+/m0/s1. The number of likely N-dealkylation sites (N-methyl/N-ethyl adjacent to an activating group) is 1. The van der Waals surface area contributed by atoms with E-state index in [1.54, 1.807) is 0 Å². The van der Waals surface area contributed by atoms with Crippen LogP contribution in [0, 0.1) is 5.82 Å². The first-order valence-electron chi connectivity index (χ1n) is 11.2. The summed E-state index contributed by atoms with van der Waals surface area (Å²) in [7, 11) is 3.75. The van der Waals surface area contributed by atoms with Crippen molar-refractivity contribution in [2.75, 3.05) is 45.9 Å². The fourth-order valence-electron chi connectivity index (χ4n) is 4.25. The number of benzene rings is 2. The normalized spacial score (nSPS) is 17.9. The summed E-state index contributed by atoms with van der Waals surface area (Å²) in [5, 5.41) is 2.51. The molecular weight excluding hydrogens is 525 g/mol. The Hall–Kier alpha value is -3.55. The molecule has 2 atom stereocenters. The van der Waals surface area contributed by atoms with E-state index in [0.29, 0.717) is 22.6 Å². The molecular formula is C24H25F7N4O3. The van der Waals surface area contributed by atoms with Gasteiger partial charge in [-0.15, -0.1) is 0 Å². The van der Waals surface area contributed by atoms with E-state index >= 15 is 0 Å². The molecule has 0 aromatic heterocycles. The fraction of sp³-hybridized carbons (Fsp3) is 0.417. The number of urea groups is 2. The molecule has 38 heavy (non-hydrogen) atoms. The molecule has 0 spiro atoms. The lowest BCUT2D eigenvalue weighted by molar-refractivity contribution is -0.143. The lowest BCUT2D eigenvalue weighted by Crippen LogP contribution is -2.48. The summed E-state index contributed by atoms with van der Waals surface area (Å²) in [5.74, 6) is -1.04. The first-order valence-corrected chi connectivity index (χ1v) is 11.2. The quantitative estimate of drug-likeness (QED) is 0.415. The van der Waals surface area contributed by atoms with Crippen LogP contribution in [0.15, 0.2) is 42.5 Å². The Balaban J connectivity index is 1.94. The number of halogens is 7. The smallest absolute Gasteiger partial charge is 0.364 e. The first kappa shape index (κ1) is 29.0. The zero-order valence-electron chi connectivity index (χ0n) is 20.5. The van der Waals surface area contributed by atoms with Gasteiger partial charge in [0.1, 0.15) is 12.5 Å². The highest BCUT2D eigenvalue weighted by molar-refractivity contribution is 5.92. The number of nitrogens with one attached hydrogen (secondary N) is 1. The van der Waals surface area contributed by atoms with Crippen molar-refractivity contribution in [3.63, 3.8) is 0 Å². The molecule has 0 unspecified atom stereocenters. The van der Waals surface area contributed by atoms with Gasteiger partial charge < -0.3 is 19.9 Å². The topological polar surface area (TPSA) is 65.1 Å². The number of hydrogen-bond donors (Lipinski definition) is 1. The molecule has 3 rings (SSSR count). The number of anilines is 1. The summed E-state index contributed by atoms with van der Waals surface area (Å²) in [5.41, 5.74) is -3.15. The predicted octanol–water partition coefficient (Wildman–Crippen LogP) is 5.13. The number of ether oxygens (including phenoxy) is 1. The van der Waals surface area contributed by atoms with E-state index in [2.05, 4.69) is 5.32 Å². The molecule has 208 valence electrons. The third kappa shape index (κ3) is 6.47. The van der Waals surface area contributed by atoms with Gasteiger partial charge in [0, 0.05) is 45.9 Å². The summed E-state index contributed by atoms with van der Waals surface area (Å²) in [4.78, 5) is 29.1. The van der Waals surface area contributed by atoms with E-state index in [4.69, 9.17) is 4.74 Å². The molecule has 14 heteroatoms. The van der Waals surface area contributed by atoms with Gasteiger partial charge in [0.15, 0.2) is 0 Å². The van der Waals surface area contributed by atoms with E-state index in [9.17, 15) is 40.3 Å². The van der Waals surface area contributed by atoms with Crippen molar-refractivity contribution in [2.24, 2.45) is 0 Å². The second-order valence-electron chi connectivity index (χ2n) is 8.76. The SMILES string of the molecule is COCNC(=O)N1C[C@@H](N(C)C(=O)N(C)c2cc(C(F)(F)F)cc(C(F)(F)F)c2)[C@H](c2ccc(F)cc2)C1. The number of carbonyl (C=O) groups excluding carboxylic acids is 2. The summed E-state index contributed by atoms with van der Waals surface area (Å²) in [6, 6.07) is 4.10. The van der Waals surface area contributed by atoms with E-state index in [-0.39, 0.29) is 25.9 Å². The Morgan fingerprint density at radius 1 is 0.974 bits per heavy atom. The molecule has 2 aromatic rings. The second-order valence-corrected chi connectivity index (χ2v) is 8.76. The number of alkyl halides is 6. The molecule has 0 saturated carbocycles. The molecule has 1 aliphatic heterocycles. The zero-order valence-corrected chi connectivity index (χ0v) is 20.5. The molecule has 7 nitrogen and oxygen atoms in total. The Kier molecular flexibility index (Phi) is 8.44. The number of rotatable bonds is 5. The minimum Gasteiger partial charge on any atom is -0.364 e. The highest BCUT2D eigenvalue weighted by Crippen LogP contribution is 2.39. The summed E-state index contributed by atoms with van der Waals surface area (Å²) in [6.07, 6.45) is -10.2. The van der Waals surface area contributed by atoms with Crippen molar-refractivity contribution in [1.82, 2.24) is 15.1 Å². The van der Waals surface area contributed by atoms with Crippen LogP contribution in [-0.2, 0) is 17.1 Å². The molecule has 2 aromatic carbocycles. The van der Waals surface area contributed by atoms with Crippen LogP contribution in [0.25, 0.3) is 0 Å². The van der Waals surface area contributed by atoms with Crippen molar-refractivity contribution in [3.05, 3.63) is 65.0 Å². The number of nitrogens with zero attached hydrogens (tertiary/aromatic N) is 3. The van der Waals surface area contributed by atoms with E-state index in [1.807, 2.05) is 0 Å². The molecule has 0 bridgehead atoms. The van der Waals surface area contributed by atoms with Crippen LogP contribution in [0.1, 0.15) is 22.6 Å². The number of carbonyl (C=O) groups is 2. The lowest BCUT2D eigenvalue weighted by Gasteiger charge is -2.33. The maximum atomic E-state index is 13.5. The van der Waals surface area contributed by atoms with Crippen molar-refractivity contribution in [1.29, 1.82) is 0 Å². The van der Waals surface area contributed by atoms with Crippen molar-refractivity contribution in [3.8, 4) is 0 Å². The number of methoxy groups -OCH3 is 1. The number of likely N-dealkylation sites (tertiary alicyclic amines) is 1. The minimum atomic E-state index is -5.08. The average Bonchev–Trinajstić information content (AvgIpc) is 3.30. The van der Waals surface area contributed by atoms with Crippen LogP contribution in [0.4, 0.5) is 46.0 Å². The monoisotopic (exact) mass is 550 g/mol. The Labute approximate surface area is 213 Å². The highest BCUT2D eigenvalue weighted by Gasteiger charge is 2.42. The van der Waals surface area contributed by atoms with Crippen LogP contribution in [0.2, 0.25) is 0 Å². The van der Waals surface area contributed by atoms with Gasteiger partial charge in [-0.3, -0.25) is 4.90 Å². The second kappa shape index (κ2) is 11.1. The number of amides is 4. The fourth-order valence-corrected chi connectivity index (χ4v) is 4.25. The van der Waals surface area contributed by atoms with Gasteiger partial charge in [-0.2, -0.15) is 26.3 Å². The maximum absolute atomic E-state index is 13.5. The third-order valence-electron chi connectivity index (χ3n) is 6.29. The van der Waals surface area contributed by atoms with Crippen LogP contribution in [-0.4, -0.2) is 68.9 Å². The van der Waals surface area contributed by atoms with Gasteiger partial charge in [-0.25, -0.2) is 14.0 Å². The molecule has 1 aliphatic rings. The van der Waals surface area contributed by atoms with E-state index < -0.39 is 59.0 Å². The van der Waals surface area contributed by atoms with Crippen molar-refractivity contribution < 1.29 is 45.1 Å². The number of hydrogen-bond acceptors (Lipinski definition) is 3. The zero-order chi connectivity index (χ0) is 28.4. The van der Waals surface area contributed by atoms with E-state index in [0.717, 1.165) is 11.9 Å². The van der Waals surface area contributed by atoms with Crippen LogP contribution >= 0.6 is 0 Å². The van der Waals surface area contributed by atoms with E-state index in [1.165, 1.54) is 43.3 Å². The van der Waals surface area contributed by atoms with Crippen molar-refractivity contribution >= 4 is 17.7 Å². The molecule has 0 radical (unpaired) electrons. The summed E-state index contributed by atoms with van der Waals surface area (Å²) >= 11 is 0. The van der Waals surface area contributed by atoms with Crippen LogP contribution in [0.5, 0.6) is 0 Å². The maximum Gasteiger partial charge on any atom is 0.416 e. The average molecular weight is 550 g/mol. The Morgan fingerprint density at radius 2 is 1.53 bits per heavy atom. The molecule has 0 aliphatic carbocycles. The third-order valence-corrected chi connectivity index (χ3v) is 6.29. The molecule has 1 N–H and O–H groups in total. The highest BCUT2D eigenvalue weighted by atomic mass is 19.4. The Bertz CT molecular complexity index is 1120. The molecule has 1 saturated heterocycles.